The fourth-order valence-electron chi connectivity index (χ4n) is 3.61. The maximum atomic E-state index is 12.7. The highest BCUT2D eigenvalue weighted by Crippen LogP contribution is 2.26. The third kappa shape index (κ3) is 3.73. The Morgan fingerprint density at radius 3 is 2.21 bits per heavy atom. The second kappa shape index (κ2) is 7.99. The van der Waals surface area contributed by atoms with Gasteiger partial charge in [0.05, 0.1) is 13.2 Å². The molecule has 2 aliphatic heterocycles. The third-order valence-corrected chi connectivity index (χ3v) is 5.10. The van der Waals surface area contributed by atoms with E-state index in [9.17, 15) is 4.79 Å². The molecule has 5 nitrogen and oxygen atoms in total. The normalized spacial score (nSPS) is 19.7. The van der Waals surface area contributed by atoms with E-state index < -0.39 is 0 Å². The number of likely N-dealkylation sites (tertiary alicyclic amines) is 1. The molecular formula is C19H28N2O3. The van der Waals surface area contributed by atoms with Gasteiger partial charge >= 0.3 is 0 Å². The van der Waals surface area contributed by atoms with Gasteiger partial charge in [-0.15, -0.1) is 0 Å². The summed E-state index contributed by atoms with van der Waals surface area (Å²) in [7, 11) is 0. The molecule has 0 atom stereocenters. The number of ether oxygens (including phenoxy) is 2. The molecule has 132 valence electrons. The number of carbonyl (C=O) groups excluding carboxylic acids is 1. The average Bonchev–Trinajstić information content (AvgIpc) is 3.18. The highest BCUT2D eigenvalue weighted by molar-refractivity contribution is 5.94. The molecule has 1 aromatic carbocycles. The fraction of sp³-hybridized carbons (Fsp3) is 0.632. The Kier molecular flexibility index (Phi) is 5.74. The molecule has 0 aliphatic carbocycles. The van der Waals surface area contributed by atoms with Gasteiger partial charge in [-0.3, -0.25) is 4.79 Å². The van der Waals surface area contributed by atoms with Gasteiger partial charge in [0.1, 0.15) is 0 Å². The van der Waals surface area contributed by atoms with Crippen LogP contribution in [0.25, 0.3) is 0 Å². The minimum Gasteiger partial charge on any atom is -0.372 e. The zero-order chi connectivity index (χ0) is 16.9. The molecule has 1 aromatic rings. The van der Waals surface area contributed by atoms with Crippen LogP contribution in [-0.2, 0) is 9.47 Å². The van der Waals surface area contributed by atoms with E-state index in [2.05, 4.69) is 18.7 Å². The summed E-state index contributed by atoms with van der Waals surface area (Å²) in [5, 5.41) is 0. The van der Waals surface area contributed by atoms with Crippen LogP contribution in [0.4, 0.5) is 5.69 Å². The van der Waals surface area contributed by atoms with Crippen LogP contribution in [0.2, 0.25) is 0 Å². The van der Waals surface area contributed by atoms with Gasteiger partial charge in [0, 0.05) is 43.3 Å². The van der Waals surface area contributed by atoms with E-state index >= 15 is 0 Å². The maximum absolute atomic E-state index is 12.7. The van der Waals surface area contributed by atoms with Gasteiger partial charge in [0.15, 0.2) is 6.29 Å². The number of amides is 1. The summed E-state index contributed by atoms with van der Waals surface area (Å²) in [4.78, 5) is 16.9. The molecule has 0 bridgehead atoms. The van der Waals surface area contributed by atoms with E-state index in [1.54, 1.807) is 0 Å². The molecule has 1 amide bonds. The first-order chi connectivity index (χ1) is 11.7. The first-order valence-corrected chi connectivity index (χ1v) is 9.10. The molecule has 2 fully saturated rings. The van der Waals surface area contributed by atoms with Gasteiger partial charge in [-0.2, -0.15) is 0 Å². The summed E-state index contributed by atoms with van der Waals surface area (Å²) >= 11 is 0. The number of rotatable bonds is 5. The quantitative estimate of drug-likeness (QED) is 0.831. The Bertz CT molecular complexity index is 528. The van der Waals surface area contributed by atoms with Crippen LogP contribution in [-0.4, -0.2) is 56.5 Å². The Morgan fingerprint density at radius 2 is 1.67 bits per heavy atom. The molecule has 0 saturated carbocycles. The van der Waals surface area contributed by atoms with Crippen molar-refractivity contribution in [2.24, 2.45) is 5.92 Å². The second-order valence-corrected chi connectivity index (χ2v) is 6.46. The molecule has 2 heterocycles. The van der Waals surface area contributed by atoms with E-state index in [4.69, 9.17) is 9.47 Å². The van der Waals surface area contributed by atoms with Crippen molar-refractivity contribution in [1.82, 2.24) is 4.90 Å². The highest BCUT2D eigenvalue weighted by atomic mass is 16.7. The monoisotopic (exact) mass is 332 g/mol. The van der Waals surface area contributed by atoms with Crippen molar-refractivity contribution in [3.05, 3.63) is 29.8 Å². The van der Waals surface area contributed by atoms with Crippen molar-refractivity contribution in [3.63, 3.8) is 0 Å². The summed E-state index contributed by atoms with van der Waals surface area (Å²) in [6.45, 7) is 9.20. The number of benzene rings is 1. The Balaban J connectivity index is 1.56. The first-order valence-electron chi connectivity index (χ1n) is 9.10. The molecule has 2 saturated heterocycles. The topological polar surface area (TPSA) is 42.0 Å². The molecule has 0 radical (unpaired) electrons. The number of carbonyl (C=O) groups is 1. The van der Waals surface area contributed by atoms with Crippen LogP contribution in [0.3, 0.4) is 0 Å². The fourth-order valence-corrected chi connectivity index (χ4v) is 3.61. The largest absolute Gasteiger partial charge is 0.372 e. The first kappa shape index (κ1) is 17.2. The number of hydrogen-bond acceptors (Lipinski definition) is 4. The zero-order valence-electron chi connectivity index (χ0n) is 14.7. The van der Waals surface area contributed by atoms with Gasteiger partial charge in [-0.1, -0.05) is 0 Å². The van der Waals surface area contributed by atoms with Crippen molar-refractivity contribution in [2.45, 2.75) is 33.0 Å². The minimum atomic E-state index is -0.0596. The van der Waals surface area contributed by atoms with Gasteiger partial charge in [-0.25, -0.2) is 0 Å². The lowest BCUT2D eigenvalue weighted by atomic mass is 9.95. The van der Waals surface area contributed by atoms with Gasteiger partial charge in [-0.05, 0) is 51.0 Å². The maximum Gasteiger partial charge on any atom is 0.253 e. The number of hydrogen-bond donors (Lipinski definition) is 0. The molecule has 24 heavy (non-hydrogen) atoms. The predicted octanol–water partition coefficient (Wildman–Crippen LogP) is 2.76. The smallest absolute Gasteiger partial charge is 0.253 e. The number of piperidine rings is 1. The lowest BCUT2D eigenvalue weighted by Gasteiger charge is -2.34. The van der Waals surface area contributed by atoms with E-state index in [0.717, 1.165) is 44.6 Å². The van der Waals surface area contributed by atoms with Crippen LogP contribution in [0, 0.1) is 5.92 Å². The Labute approximate surface area is 144 Å². The van der Waals surface area contributed by atoms with Crippen molar-refractivity contribution >= 4 is 11.6 Å². The van der Waals surface area contributed by atoms with Crippen LogP contribution < -0.4 is 4.90 Å². The van der Waals surface area contributed by atoms with Crippen LogP contribution >= 0.6 is 0 Å². The van der Waals surface area contributed by atoms with E-state index in [1.807, 2.05) is 29.2 Å². The van der Waals surface area contributed by atoms with Crippen LogP contribution in [0.1, 0.15) is 37.0 Å². The van der Waals surface area contributed by atoms with Crippen molar-refractivity contribution in [3.8, 4) is 0 Å². The minimum absolute atomic E-state index is 0.0596. The SMILES string of the molecule is CCN(CC)c1ccc(C(=O)N2CCC(C3OCCO3)CC2)cc1. The van der Waals surface area contributed by atoms with Crippen molar-refractivity contribution < 1.29 is 14.3 Å². The number of nitrogens with zero attached hydrogens (tertiary/aromatic N) is 2. The average molecular weight is 332 g/mol. The Morgan fingerprint density at radius 1 is 1.08 bits per heavy atom. The van der Waals surface area contributed by atoms with E-state index in [-0.39, 0.29) is 12.2 Å². The molecule has 0 spiro atoms. The summed E-state index contributed by atoms with van der Waals surface area (Å²) in [5.74, 6) is 0.550. The van der Waals surface area contributed by atoms with Crippen molar-refractivity contribution in [1.29, 1.82) is 0 Å². The van der Waals surface area contributed by atoms with E-state index in [0.29, 0.717) is 19.1 Å². The zero-order valence-corrected chi connectivity index (χ0v) is 14.7. The number of anilines is 1. The van der Waals surface area contributed by atoms with E-state index in [1.165, 1.54) is 5.69 Å². The molecule has 0 unspecified atom stereocenters. The van der Waals surface area contributed by atoms with Crippen LogP contribution in [0.15, 0.2) is 24.3 Å². The molecule has 5 heteroatoms. The van der Waals surface area contributed by atoms with Gasteiger partial charge in [0.2, 0.25) is 0 Å². The molecule has 2 aliphatic rings. The third-order valence-electron chi connectivity index (χ3n) is 5.10. The molecule has 0 N–H and O–H groups in total. The summed E-state index contributed by atoms with van der Waals surface area (Å²) in [5.41, 5.74) is 1.95. The van der Waals surface area contributed by atoms with Gasteiger partial charge < -0.3 is 19.3 Å². The second-order valence-electron chi connectivity index (χ2n) is 6.46. The van der Waals surface area contributed by atoms with Crippen molar-refractivity contribution in [2.75, 3.05) is 44.3 Å². The Hall–Kier alpha value is -1.59. The summed E-state index contributed by atoms with van der Waals surface area (Å²) in [6, 6.07) is 8.00. The summed E-state index contributed by atoms with van der Waals surface area (Å²) in [6.07, 6.45) is 1.85. The standard InChI is InChI=1S/C19H28N2O3/c1-3-20(4-2)17-7-5-15(6-8-17)18(22)21-11-9-16(10-12-21)19-23-13-14-24-19/h5-8,16,19H,3-4,9-14H2,1-2H3. The summed E-state index contributed by atoms with van der Waals surface area (Å²) < 4.78 is 11.2. The lowest BCUT2D eigenvalue weighted by Crippen LogP contribution is -2.41. The highest BCUT2D eigenvalue weighted by Gasteiger charge is 2.31. The molecule has 3 rings (SSSR count). The molecular weight excluding hydrogens is 304 g/mol. The van der Waals surface area contributed by atoms with Gasteiger partial charge in [0.25, 0.3) is 5.91 Å². The van der Waals surface area contributed by atoms with Crippen LogP contribution in [0.5, 0.6) is 0 Å². The lowest BCUT2D eigenvalue weighted by molar-refractivity contribution is -0.0956. The predicted molar refractivity (Wildman–Crippen MR) is 94.3 cm³/mol. The molecule has 0 aromatic heterocycles.